The fraction of sp³-hybridized carbons (Fsp3) is 0. The van der Waals surface area contributed by atoms with Crippen LogP contribution in [0.3, 0.4) is 0 Å². The maximum Gasteiger partial charge on any atom is 0.135 e. The Kier molecular flexibility index (Phi) is 7.18. The average molecular weight is 664 g/mol. The highest BCUT2D eigenvalue weighted by atomic mass is 16.3. The van der Waals surface area contributed by atoms with Crippen molar-refractivity contribution in [2.75, 3.05) is 4.90 Å². The second-order valence-corrected chi connectivity index (χ2v) is 13.3. The van der Waals surface area contributed by atoms with Crippen LogP contribution in [0.25, 0.3) is 76.9 Å². The molecule has 0 saturated heterocycles. The van der Waals surface area contributed by atoms with Gasteiger partial charge in [0, 0.05) is 27.6 Å². The van der Waals surface area contributed by atoms with Gasteiger partial charge in [0.05, 0.1) is 11.4 Å². The van der Waals surface area contributed by atoms with Crippen molar-refractivity contribution >= 4 is 60.5 Å². The van der Waals surface area contributed by atoms with Gasteiger partial charge in [-0.25, -0.2) is 0 Å². The number of furan rings is 1. The zero-order valence-electron chi connectivity index (χ0n) is 28.4. The summed E-state index contributed by atoms with van der Waals surface area (Å²) in [5, 5.41) is 7.19. The summed E-state index contributed by atoms with van der Waals surface area (Å²) in [6.45, 7) is 0. The third-order valence-electron chi connectivity index (χ3n) is 10.3. The van der Waals surface area contributed by atoms with Gasteiger partial charge in [-0.2, -0.15) is 0 Å². The smallest absolute Gasteiger partial charge is 0.135 e. The summed E-state index contributed by atoms with van der Waals surface area (Å²) in [6.07, 6.45) is 0. The van der Waals surface area contributed by atoms with E-state index in [1.54, 1.807) is 0 Å². The molecule has 0 N–H and O–H groups in total. The van der Waals surface area contributed by atoms with E-state index in [4.69, 9.17) is 4.42 Å². The van der Waals surface area contributed by atoms with Gasteiger partial charge in [-0.1, -0.05) is 152 Å². The first-order chi connectivity index (χ1) is 25.8. The molecule has 0 fully saturated rings. The van der Waals surface area contributed by atoms with Crippen molar-refractivity contribution in [2.45, 2.75) is 0 Å². The van der Waals surface area contributed by atoms with Gasteiger partial charge in [-0.3, -0.25) is 0 Å². The Bertz CT molecular complexity index is 2910. The molecule has 0 aliphatic carbocycles. The minimum absolute atomic E-state index is 0.893. The first-order valence-electron chi connectivity index (χ1n) is 17.8. The predicted octanol–water partition coefficient (Wildman–Crippen LogP) is 14.4. The van der Waals surface area contributed by atoms with Gasteiger partial charge in [0.15, 0.2) is 0 Å². The first-order valence-corrected chi connectivity index (χ1v) is 17.8. The van der Waals surface area contributed by atoms with E-state index < -0.39 is 0 Å². The van der Waals surface area contributed by atoms with Crippen molar-refractivity contribution in [2.24, 2.45) is 0 Å². The summed E-state index contributed by atoms with van der Waals surface area (Å²) < 4.78 is 6.22. The summed E-state index contributed by atoms with van der Waals surface area (Å²) in [5.74, 6) is 0. The Morgan fingerprint density at radius 1 is 0.308 bits per heavy atom. The predicted molar refractivity (Wildman–Crippen MR) is 220 cm³/mol. The van der Waals surface area contributed by atoms with Gasteiger partial charge in [0.25, 0.3) is 0 Å². The summed E-state index contributed by atoms with van der Waals surface area (Å²) in [6, 6.07) is 71.9. The molecule has 0 bridgehead atoms. The van der Waals surface area contributed by atoms with E-state index >= 15 is 0 Å². The van der Waals surface area contributed by atoms with E-state index in [1.807, 2.05) is 12.1 Å². The number of nitrogens with zero attached hydrogens (tertiary/aromatic N) is 1. The minimum atomic E-state index is 0.893. The molecule has 0 saturated carbocycles. The molecule has 10 rings (SSSR count). The third kappa shape index (κ3) is 5.12. The molecule has 2 heteroatoms. The van der Waals surface area contributed by atoms with E-state index in [9.17, 15) is 0 Å². The molecule has 0 atom stereocenters. The number of rotatable bonds is 6. The monoisotopic (exact) mass is 663 g/mol. The van der Waals surface area contributed by atoms with Crippen molar-refractivity contribution in [3.63, 3.8) is 0 Å². The van der Waals surface area contributed by atoms with Crippen molar-refractivity contribution in [3.05, 3.63) is 200 Å². The molecule has 0 amide bonds. The van der Waals surface area contributed by atoms with Crippen LogP contribution in [0.1, 0.15) is 0 Å². The summed E-state index contributed by atoms with van der Waals surface area (Å²) in [4.78, 5) is 2.42. The van der Waals surface area contributed by atoms with Crippen LogP contribution in [-0.2, 0) is 0 Å². The van der Waals surface area contributed by atoms with Gasteiger partial charge in [-0.05, 0) is 92.3 Å². The number of anilines is 3. The van der Waals surface area contributed by atoms with Crippen LogP contribution in [0.15, 0.2) is 205 Å². The van der Waals surface area contributed by atoms with E-state index in [0.29, 0.717) is 0 Å². The summed E-state index contributed by atoms with van der Waals surface area (Å²) >= 11 is 0. The number of fused-ring (bicyclic) bond motifs is 5. The molecule has 52 heavy (non-hydrogen) atoms. The second kappa shape index (κ2) is 12.5. The molecule has 0 aliphatic heterocycles. The SMILES string of the molecule is c1ccc(N(c2ccc(-c3cccc4ccccc34)cc2)c2ccccc2-c2ccc3oc4ccccc4c3c2)c(-c2ccc3ccccc3c2)c1. The highest BCUT2D eigenvalue weighted by Crippen LogP contribution is 2.46. The maximum atomic E-state index is 6.22. The quantitative estimate of drug-likeness (QED) is 0.176. The zero-order chi connectivity index (χ0) is 34.4. The molecular weight excluding hydrogens is 631 g/mol. The Balaban J connectivity index is 1.18. The van der Waals surface area contributed by atoms with Gasteiger partial charge >= 0.3 is 0 Å². The first kappa shape index (κ1) is 30.0. The van der Waals surface area contributed by atoms with Crippen LogP contribution in [0.5, 0.6) is 0 Å². The number of benzene rings is 9. The third-order valence-corrected chi connectivity index (χ3v) is 10.3. The number of hydrogen-bond acceptors (Lipinski definition) is 2. The van der Waals surface area contributed by atoms with Gasteiger partial charge in [0.1, 0.15) is 11.2 Å². The van der Waals surface area contributed by atoms with Crippen molar-refractivity contribution in [1.29, 1.82) is 0 Å². The lowest BCUT2D eigenvalue weighted by Gasteiger charge is -2.30. The zero-order valence-corrected chi connectivity index (χ0v) is 28.4. The maximum absolute atomic E-state index is 6.22. The van der Waals surface area contributed by atoms with Crippen molar-refractivity contribution < 1.29 is 4.42 Å². The van der Waals surface area contributed by atoms with Crippen LogP contribution < -0.4 is 4.90 Å². The normalized spacial score (nSPS) is 11.5. The Morgan fingerprint density at radius 2 is 0.846 bits per heavy atom. The van der Waals surface area contributed by atoms with E-state index in [2.05, 4.69) is 193 Å². The second-order valence-electron chi connectivity index (χ2n) is 13.3. The molecule has 0 aliphatic rings. The summed E-state index contributed by atoms with van der Waals surface area (Å²) in [7, 11) is 0. The molecule has 0 unspecified atom stereocenters. The fourth-order valence-corrected chi connectivity index (χ4v) is 7.75. The Morgan fingerprint density at radius 3 is 1.63 bits per heavy atom. The van der Waals surface area contributed by atoms with E-state index in [-0.39, 0.29) is 0 Å². The lowest BCUT2D eigenvalue weighted by atomic mass is 9.96. The molecule has 0 radical (unpaired) electrons. The fourth-order valence-electron chi connectivity index (χ4n) is 7.75. The largest absolute Gasteiger partial charge is 0.456 e. The lowest BCUT2D eigenvalue weighted by Crippen LogP contribution is -2.12. The van der Waals surface area contributed by atoms with Gasteiger partial charge in [0.2, 0.25) is 0 Å². The molecular formula is C50H33NO. The molecule has 1 heterocycles. The highest BCUT2D eigenvalue weighted by Gasteiger charge is 2.21. The van der Waals surface area contributed by atoms with Crippen LogP contribution in [0, 0.1) is 0 Å². The van der Waals surface area contributed by atoms with Gasteiger partial charge < -0.3 is 9.32 Å². The molecule has 0 spiro atoms. The molecule has 244 valence electrons. The minimum Gasteiger partial charge on any atom is -0.456 e. The summed E-state index contributed by atoms with van der Waals surface area (Å²) in [5.41, 5.74) is 12.1. The average Bonchev–Trinajstić information content (AvgIpc) is 3.59. The molecule has 1 aromatic heterocycles. The lowest BCUT2D eigenvalue weighted by molar-refractivity contribution is 0.669. The standard InChI is InChI=1S/C50H33NO/c1-2-14-37-32-38(25-24-34(37)12-1)43-17-5-8-21-47(43)51(40-29-26-36(27-30-40)42-20-11-15-35-13-3-4-16-41(35)42)48-22-9-6-18-44(48)39-28-31-50-46(33-39)45-19-7-10-23-49(45)52-50/h1-33H. The van der Waals surface area contributed by atoms with Crippen LogP contribution in [-0.4, -0.2) is 0 Å². The topological polar surface area (TPSA) is 16.4 Å². The van der Waals surface area contributed by atoms with Crippen LogP contribution in [0.4, 0.5) is 17.1 Å². The molecule has 9 aromatic carbocycles. The number of para-hydroxylation sites is 3. The van der Waals surface area contributed by atoms with E-state index in [0.717, 1.165) is 55.7 Å². The Hall–Kier alpha value is -6.90. The van der Waals surface area contributed by atoms with E-state index in [1.165, 1.54) is 38.2 Å². The Labute approximate surface area is 302 Å². The highest BCUT2D eigenvalue weighted by molar-refractivity contribution is 6.07. The van der Waals surface area contributed by atoms with Crippen LogP contribution >= 0.6 is 0 Å². The van der Waals surface area contributed by atoms with Crippen molar-refractivity contribution in [3.8, 4) is 33.4 Å². The van der Waals surface area contributed by atoms with Crippen molar-refractivity contribution in [1.82, 2.24) is 0 Å². The molecule has 2 nitrogen and oxygen atoms in total. The molecule has 10 aromatic rings. The number of hydrogen-bond donors (Lipinski definition) is 0. The van der Waals surface area contributed by atoms with Gasteiger partial charge in [-0.15, -0.1) is 0 Å². The van der Waals surface area contributed by atoms with Crippen LogP contribution in [0.2, 0.25) is 0 Å².